The van der Waals surface area contributed by atoms with Gasteiger partial charge in [0, 0.05) is 13.1 Å². The molecule has 1 amide bonds. The monoisotopic (exact) mass is 286 g/mol. The fourth-order valence-corrected chi connectivity index (χ4v) is 2.63. The van der Waals surface area contributed by atoms with Crippen molar-refractivity contribution < 1.29 is 9.59 Å². The number of anilines is 1. The lowest BCUT2D eigenvalue weighted by atomic mass is 10.0. The molecule has 1 aromatic carbocycles. The van der Waals surface area contributed by atoms with E-state index in [0.717, 1.165) is 35.4 Å². The third kappa shape index (κ3) is 2.90. The van der Waals surface area contributed by atoms with Crippen molar-refractivity contribution in [2.45, 2.75) is 27.2 Å². The van der Waals surface area contributed by atoms with Gasteiger partial charge in [0.15, 0.2) is 0 Å². The van der Waals surface area contributed by atoms with Crippen LogP contribution in [-0.2, 0) is 4.79 Å². The van der Waals surface area contributed by atoms with Crippen LogP contribution in [0, 0.1) is 13.8 Å². The molecule has 0 unspecified atom stereocenters. The van der Waals surface area contributed by atoms with Crippen molar-refractivity contribution in [3.8, 4) is 0 Å². The molecule has 1 aliphatic heterocycles. The number of fused-ring (bicyclic) bond motifs is 1. The van der Waals surface area contributed by atoms with Crippen LogP contribution in [0.15, 0.2) is 24.3 Å². The number of hydrogen-bond donors (Lipinski definition) is 1. The maximum atomic E-state index is 12.2. The summed E-state index contributed by atoms with van der Waals surface area (Å²) in [6, 6.07) is 3.84. The van der Waals surface area contributed by atoms with E-state index in [2.05, 4.69) is 18.8 Å². The third-order valence-corrected chi connectivity index (χ3v) is 3.71. The molecule has 112 valence electrons. The molecule has 0 aromatic heterocycles. The fourth-order valence-electron chi connectivity index (χ4n) is 2.63. The fraction of sp³-hybridized carbons (Fsp3) is 0.412. The minimum Gasteiger partial charge on any atom is -0.313 e. The average molecular weight is 286 g/mol. The zero-order valence-electron chi connectivity index (χ0n) is 13.0. The minimum absolute atomic E-state index is 0.387. The highest BCUT2D eigenvalue weighted by Gasteiger charge is 2.38. The van der Waals surface area contributed by atoms with Gasteiger partial charge >= 0.3 is 0 Å². The Kier molecular flexibility index (Phi) is 4.58. The number of aryl methyl sites for hydroxylation is 2. The Labute approximate surface area is 125 Å². The molecule has 0 aliphatic carbocycles. The van der Waals surface area contributed by atoms with E-state index in [1.165, 1.54) is 0 Å². The first kappa shape index (κ1) is 15.4. The predicted molar refractivity (Wildman–Crippen MR) is 84.9 cm³/mol. The van der Waals surface area contributed by atoms with Crippen molar-refractivity contribution >= 4 is 17.4 Å². The number of nitrogens with one attached hydrogen (secondary N) is 1. The molecule has 4 nitrogen and oxygen atoms in total. The molecule has 2 rings (SSSR count). The van der Waals surface area contributed by atoms with Crippen LogP contribution in [0.5, 0.6) is 0 Å². The van der Waals surface area contributed by atoms with Gasteiger partial charge in [-0.15, -0.1) is 0 Å². The normalized spacial score (nSPS) is 13.8. The van der Waals surface area contributed by atoms with E-state index in [4.69, 9.17) is 0 Å². The van der Waals surface area contributed by atoms with Crippen LogP contribution in [0.2, 0.25) is 0 Å². The van der Waals surface area contributed by atoms with Gasteiger partial charge in [0.1, 0.15) is 0 Å². The third-order valence-electron chi connectivity index (χ3n) is 3.71. The quantitative estimate of drug-likeness (QED) is 0.496. The number of carbonyl (C=O) groups is 2. The topological polar surface area (TPSA) is 49.4 Å². The molecule has 1 aromatic rings. The summed E-state index contributed by atoms with van der Waals surface area (Å²) in [5, 5.41) is 3.26. The second kappa shape index (κ2) is 6.22. The van der Waals surface area contributed by atoms with Gasteiger partial charge in [0.05, 0.1) is 11.3 Å². The van der Waals surface area contributed by atoms with Crippen molar-refractivity contribution in [1.29, 1.82) is 0 Å². The highest BCUT2D eigenvalue weighted by Crippen LogP contribution is 2.34. The lowest BCUT2D eigenvalue weighted by molar-refractivity contribution is -0.114. The second-order valence-corrected chi connectivity index (χ2v) is 5.57. The van der Waals surface area contributed by atoms with Gasteiger partial charge in [0.25, 0.3) is 11.7 Å². The molecule has 0 atom stereocenters. The Morgan fingerprint density at radius 1 is 1.24 bits per heavy atom. The van der Waals surface area contributed by atoms with E-state index in [9.17, 15) is 9.59 Å². The first-order chi connectivity index (χ1) is 9.97. The summed E-state index contributed by atoms with van der Waals surface area (Å²) in [6.07, 6.45) is 1.05. The Balaban J connectivity index is 2.23. The second-order valence-electron chi connectivity index (χ2n) is 5.57. The molecule has 1 N–H and O–H groups in total. The van der Waals surface area contributed by atoms with Crippen molar-refractivity contribution in [1.82, 2.24) is 5.32 Å². The van der Waals surface area contributed by atoms with E-state index < -0.39 is 11.7 Å². The predicted octanol–water partition coefficient (Wildman–Crippen LogP) is 2.39. The van der Waals surface area contributed by atoms with Gasteiger partial charge in [0.2, 0.25) is 0 Å². The van der Waals surface area contributed by atoms with E-state index in [-0.39, 0.29) is 0 Å². The summed E-state index contributed by atoms with van der Waals surface area (Å²) in [7, 11) is 0. The van der Waals surface area contributed by atoms with Gasteiger partial charge < -0.3 is 10.2 Å². The van der Waals surface area contributed by atoms with Crippen molar-refractivity contribution in [2.24, 2.45) is 0 Å². The van der Waals surface area contributed by atoms with Crippen LogP contribution < -0.4 is 10.2 Å². The number of nitrogens with zero attached hydrogens (tertiary/aromatic N) is 1. The first-order valence-electron chi connectivity index (χ1n) is 7.31. The molecule has 0 bridgehead atoms. The lowest BCUT2D eigenvalue weighted by Crippen LogP contribution is -2.34. The minimum atomic E-state index is -0.445. The largest absolute Gasteiger partial charge is 0.313 e. The molecule has 4 heteroatoms. The Morgan fingerprint density at radius 3 is 2.57 bits per heavy atom. The van der Waals surface area contributed by atoms with E-state index in [1.807, 2.05) is 26.0 Å². The molecular weight excluding hydrogens is 264 g/mol. The van der Waals surface area contributed by atoms with Crippen molar-refractivity contribution in [3.63, 3.8) is 0 Å². The molecule has 1 aliphatic rings. The number of rotatable bonds is 6. The summed E-state index contributed by atoms with van der Waals surface area (Å²) in [5.41, 5.74) is 4.00. The van der Waals surface area contributed by atoms with E-state index in [1.54, 1.807) is 4.90 Å². The summed E-state index contributed by atoms with van der Waals surface area (Å²) in [4.78, 5) is 26.0. The van der Waals surface area contributed by atoms with Crippen LogP contribution >= 0.6 is 0 Å². The van der Waals surface area contributed by atoms with Gasteiger partial charge in [-0.2, -0.15) is 0 Å². The number of hydrogen-bond acceptors (Lipinski definition) is 3. The zero-order valence-corrected chi connectivity index (χ0v) is 13.0. The molecule has 0 radical (unpaired) electrons. The van der Waals surface area contributed by atoms with Crippen LogP contribution in [0.25, 0.3) is 0 Å². The molecule has 0 saturated heterocycles. The first-order valence-corrected chi connectivity index (χ1v) is 7.31. The van der Waals surface area contributed by atoms with Crippen molar-refractivity contribution in [3.05, 3.63) is 41.0 Å². The number of carbonyl (C=O) groups excluding carboxylic acids is 2. The Hall–Kier alpha value is -1.94. The maximum Gasteiger partial charge on any atom is 0.299 e. The maximum absolute atomic E-state index is 12.2. The zero-order chi connectivity index (χ0) is 15.6. The highest BCUT2D eigenvalue weighted by molar-refractivity contribution is 6.52. The molecule has 0 fully saturated rings. The highest BCUT2D eigenvalue weighted by atomic mass is 16.2. The van der Waals surface area contributed by atoms with E-state index >= 15 is 0 Å². The number of benzene rings is 1. The Morgan fingerprint density at radius 2 is 1.90 bits per heavy atom. The van der Waals surface area contributed by atoms with Gasteiger partial charge in [-0.3, -0.25) is 9.59 Å². The Bertz CT molecular complexity index is 605. The number of ketones is 1. The number of amides is 1. The van der Waals surface area contributed by atoms with Crippen molar-refractivity contribution in [2.75, 3.05) is 24.5 Å². The smallest absolute Gasteiger partial charge is 0.299 e. The SMILES string of the molecule is C=C(CNCCC)CN1C(=O)C(=O)c2c(C)ccc(C)c21. The summed E-state index contributed by atoms with van der Waals surface area (Å²) in [6.45, 7) is 11.9. The standard InChI is InChI=1S/C17H22N2O2/c1-5-8-18-9-11(2)10-19-15-13(4)7-6-12(3)14(15)16(20)17(19)21/h6-7,18H,2,5,8-10H2,1,3-4H3. The summed E-state index contributed by atoms with van der Waals surface area (Å²) < 4.78 is 0. The number of Topliss-reactive ketones (excluding diaryl/α,β-unsaturated/α-hetero) is 1. The molecule has 0 spiro atoms. The molecule has 21 heavy (non-hydrogen) atoms. The lowest BCUT2D eigenvalue weighted by Gasteiger charge is -2.20. The van der Waals surface area contributed by atoms with Gasteiger partial charge in [-0.05, 0) is 43.5 Å². The van der Waals surface area contributed by atoms with Gasteiger partial charge in [-0.1, -0.05) is 25.6 Å². The van der Waals surface area contributed by atoms with Crippen LogP contribution in [0.4, 0.5) is 5.69 Å². The van der Waals surface area contributed by atoms with Crippen LogP contribution in [0.1, 0.15) is 34.8 Å². The molecular formula is C17H22N2O2. The van der Waals surface area contributed by atoms with E-state index in [0.29, 0.717) is 18.7 Å². The average Bonchev–Trinajstić information content (AvgIpc) is 2.69. The summed E-state index contributed by atoms with van der Waals surface area (Å²) in [5.74, 6) is -0.848. The van der Waals surface area contributed by atoms with Crippen LogP contribution in [-0.4, -0.2) is 31.3 Å². The van der Waals surface area contributed by atoms with Crippen LogP contribution in [0.3, 0.4) is 0 Å². The van der Waals surface area contributed by atoms with Gasteiger partial charge in [-0.25, -0.2) is 0 Å². The summed E-state index contributed by atoms with van der Waals surface area (Å²) >= 11 is 0. The molecule has 0 saturated carbocycles. The molecule has 1 heterocycles.